The predicted octanol–water partition coefficient (Wildman–Crippen LogP) is -2.37. The third-order valence-corrected chi connectivity index (χ3v) is 6.21. The summed E-state index contributed by atoms with van der Waals surface area (Å²) in [5.74, 6) is 0.219. The van der Waals surface area contributed by atoms with E-state index in [1.165, 1.54) is 0 Å². The molecule has 4 saturated heterocycles. The number of amides is 3. The van der Waals surface area contributed by atoms with Gasteiger partial charge in [-0.1, -0.05) is 0 Å². The van der Waals surface area contributed by atoms with Crippen molar-refractivity contribution in [1.82, 2.24) is 14.7 Å². The van der Waals surface area contributed by atoms with Crippen molar-refractivity contribution in [3.05, 3.63) is 0 Å². The molecule has 4 rings (SSSR count). The number of hydrogen-bond acceptors (Lipinski definition) is 4. The number of carbonyl (C=O) groups is 3. The minimum atomic E-state index is -0.521. The van der Waals surface area contributed by atoms with Crippen molar-refractivity contribution in [2.45, 2.75) is 37.5 Å². The minimum Gasteiger partial charge on any atom is -0.380 e. The Kier molecular flexibility index (Phi) is 4.41. The molecule has 0 bridgehead atoms. The third-order valence-electron chi connectivity index (χ3n) is 6.21. The lowest BCUT2D eigenvalue weighted by Gasteiger charge is -2.47. The maximum absolute atomic E-state index is 12.9. The van der Waals surface area contributed by atoms with Crippen LogP contribution < -0.4 is 5.32 Å². The van der Waals surface area contributed by atoms with Crippen LogP contribution in [0.25, 0.3) is 0 Å². The zero-order valence-electron chi connectivity index (χ0n) is 14.7. The van der Waals surface area contributed by atoms with Crippen molar-refractivity contribution in [3.8, 4) is 0 Å². The molecule has 8 nitrogen and oxygen atoms in total. The molecule has 0 saturated carbocycles. The molecule has 0 radical (unpaired) electrons. The van der Waals surface area contributed by atoms with Crippen LogP contribution in [0.5, 0.6) is 0 Å². The Bertz CT molecular complexity index is 577. The highest BCUT2D eigenvalue weighted by molar-refractivity contribution is 5.98. The molecule has 4 heterocycles. The van der Waals surface area contributed by atoms with E-state index < -0.39 is 6.04 Å². The molecule has 0 aromatic carbocycles. The van der Waals surface area contributed by atoms with Gasteiger partial charge in [-0.05, 0) is 0 Å². The van der Waals surface area contributed by atoms with Gasteiger partial charge in [-0.15, -0.1) is 0 Å². The quantitative estimate of drug-likeness (QED) is 0.602. The minimum absolute atomic E-state index is 0.0171. The Balaban J connectivity index is 1.47. The van der Waals surface area contributed by atoms with Gasteiger partial charge in [0, 0.05) is 51.9 Å². The molecule has 0 aromatic rings. The number of carbonyl (C=O) groups excluding carboxylic acids is 3. The predicted molar refractivity (Wildman–Crippen MR) is 87.4 cm³/mol. The van der Waals surface area contributed by atoms with E-state index in [1.807, 2.05) is 4.90 Å². The first-order valence-electron chi connectivity index (χ1n) is 9.34. The number of quaternary nitrogens is 1. The molecule has 8 heteroatoms. The Morgan fingerprint density at radius 1 is 1.04 bits per heavy atom. The van der Waals surface area contributed by atoms with Crippen LogP contribution in [0.1, 0.15) is 19.3 Å². The fraction of sp³-hybridized carbons (Fsp3) is 0.824. The molecule has 138 valence electrons. The summed E-state index contributed by atoms with van der Waals surface area (Å²) in [4.78, 5) is 43.7. The number of ether oxygens (including phenoxy) is 1. The van der Waals surface area contributed by atoms with Gasteiger partial charge in [0.25, 0.3) is 0 Å². The summed E-state index contributed by atoms with van der Waals surface area (Å²) in [6, 6.07) is -0.906. The van der Waals surface area contributed by atoms with Crippen LogP contribution in [0.2, 0.25) is 0 Å². The molecule has 3 atom stereocenters. The van der Waals surface area contributed by atoms with Gasteiger partial charge in [-0.3, -0.25) is 14.4 Å². The average Bonchev–Trinajstić information content (AvgIpc) is 3.11. The summed E-state index contributed by atoms with van der Waals surface area (Å²) >= 11 is 0. The molecule has 0 aromatic heterocycles. The highest BCUT2D eigenvalue weighted by atomic mass is 16.5. The summed E-state index contributed by atoms with van der Waals surface area (Å²) < 4.78 is 5.36. The van der Waals surface area contributed by atoms with Gasteiger partial charge < -0.3 is 24.8 Å². The standard InChI is InChI=1S/C17H26N4O4/c1-25-12-8-13-16(23)20-7-6-19(10-14(20)17(24)21(13)9-12)15(22)11-2-4-18-5-3-11/h11-14,18H,2-10H2,1H3/p+1/t12-,13+,14+/m1/s1. The van der Waals surface area contributed by atoms with E-state index in [9.17, 15) is 14.4 Å². The molecule has 0 spiro atoms. The van der Waals surface area contributed by atoms with Gasteiger partial charge in [0.15, 0.2) is 0 Å². The van der Waals surface area contributed by atoms with Crippen molar-refractivity contribution in [2.24, 2.45) is 5.92 Å². The molecule has 2 N–H and O–H groups in total. The van der Waals surface area contributed by atoms with Gasteiger partial charge in [-0.2, -0.15) is 0 Å². The molecular weight excluding hydrogens is 324 g/mol. The van der Waals surface area contributed by atoms with Crippen LogP contribution in [0.4, 0.5) is 0 Å². The molecule has 25 heavy (non-hydrogen) atoms. The van der Waals surface area contributed by atoms with E-state index in [4.69, 9.17) is 4.74 Å². The second kappa shape index (κ2) is 6.57. The Morgan fingerprint density at radius 3 is 2.48 bits per heavy atom. The van der Waals surface area contributed by atoms with Gasteiger partial charge in [-0.25, -0.2) is 0 Å². The number of piperazine rings is 2. The van der Waals surface area contributed by atoms with Crippen molar-refractivity contribution >= 4 is 17.7 Å². The largest absolute Gasteiger partial charge is 0.380 e. The van der Waals surface area contributed by atoms with Crippen molar-refractivity contribution in [2.75, 3.05) is 46.4 Å². The highest BCUT2D eigenvalue weighted by Crippen LogP contribution is 2.30. The molecule has 3 amide bonds. The first-order chi connectivity index (χ1) is 12.1. The Morgan fingerprint density at radius 2 is 1.76 bits per heavy atom. The number of rotatable bonds is 2. The zero-order valence-corrected chi connectivity index (χ0v) is 14.7. The van der Waals surface area contributed by atoms with Crippen molar-refractivity contribution in [3.63, 3.8) is 0 Å². The third kappa shape index (κ3) is 2.81. The second-order valence-corrected chi connectivity index (χ2v) is 7.57. The molecule has 4 fully saturated rings. The molecule has 4 aliphatic rings. The highest BCUT2D eigenvalue weighted by Gasteiger charge is 2.52. The van der Waals surface area contributed by atoms with Gasteiger partial charge >= 0.3 is 0 Å². The summed E-state index contributed by atoms with van der Waals surface area (Å²) in [7, 11) is 1.62. The van der Waals surface area contributed by atoms with Crippen LogP contribution in [0, 0.1) is 5.92 Å². The van der Waals surface area contributed by atoms with Crippen LogP contribution in [-0.2, 0) is 19.1 Å². The molecule has 0 unspecified atom stereocenters. The zero-order chi connectivity index (χ0) is 17.6. The van der Waals surface area contributed by atoms with Crippen LogP contribution >= 0.6 is 0 Å². The van der Waals surface area contributed by atoms with E-state index in [0.717, 1.165) is 25.9 Å². The van der Waals surface area contributed by atoms with Crippen molar-refractivity contribution in [1.29, 1.82) is 0 Å². The number of methoxy groups -OCH3 is 1. The van der Waals surface area contributed by atoms with Crippen LogP contribution in [0.3, 0.4) is 0 Å². The fourth-order valence-electron chi connectivity index (χ4n) is 4.72. The molecular formula is C17H27N4O4+. The lowest BCUT2D eigenvalue weighted by Crippen LogP contribution is -2.86. The SMILES string of the molecule is CO[C@@H]1C[C@H]2C(=O)N3CCN(C(=O)C4CC[NH2+]CC4)C[C@H]3C(=O)N2C1. The van der Waals surface area contributed by atoms with Crippen LogP contribution in [0.15, 0.2) is 0 Å². The maximum atomic E-state index is 12.9. The number of piperidine rings is 1. The lowest BCUT2D eigenvalue weighted by atomic mass is 9.95. The fourth-order valence-corrected chi connectivity index (χ4v) is 4.72. The maximum Gasteiger partial charge on any atom is 0.247 e. The van der Waals surface area contributed by atoms with Crippen LogP contribution in [-0.4, -0.2) is 97.0 Å². The van der Waals surface area contributed by atoms with Gasteiger partial charge in [0.1, 0.15) is 12.1 Å². The lowest BCUT2D eigenvalue weighted by molar-refractivity contribution is -0.664. The number of fused-ring (bicyclic) bond motifs is 2. The summed E-state index contributed by atoms with van der Waals surface area (Å²) in [6.45, 7) is 3.79. The number of hydrogen-bond donors (Lipinski definition) is 1. The van der Waals surface area contributed by atoms with E-state index >= 15 is 0 Å². The molecule has 0 aliphatic carbocycles. The summed E-state index contributed by atoms with van der Waals surface area (Å²) in [5.41, 5.74) is 0. The normalized spacial score (nSPS) is 33.5. The van der Waals surface area contributed by atoms with Gasteiger partial charge in [0.2, 0.25) is 17.7 Å². The summed E-state index contributed by atoms with van der Waals surface area (Å²) in [5, 5.41) is 2.24. The Hall–Kier alpha value is -1.67. The number of nitrogens with zero attached hydrogens (tertiary/aromatic N) is 3. The van der Waals surface area contributed by atoms with Gasteiger partial charge in [0.05, 0.1) is 25.7 Å². The topological polar surface area (TPSA) is 86.8 Å². The van der Waals surface area contributed by atoms with Crippen molar-refractivity contribution < 1.29 is 24.4 Å². The summed E-state index contributed by atoms with van der Waals surface area (Å²) in [6.07, 6.45) is 2.31. The van der Waals surface area contributed by atoms with E-state index in [2.05, 4.69) is 5.32 Å². The van der Waals surface area contributed by atoms with E-state index in [1.54, 1.807) is 16.9 Å². The number of nitrogens with two attached hydrogens (primary N) is 1. The first-order valence-corrected chi connectivity index (χ1v) is 9.34. The Labute approximate surface area is 147 Å². The van der Waals surface area contributed by atoms with E-state index in [-0.39, 0.29) is 35.8 Å². The average molecular weight is 351 g/mol. The monoisotopic (exact) mass is 351 g/mol. The molecule has 4 aliphatic heterocycles. The first kappa shape index (κ1) is 16.8. The van der Waals surface area contributed by atoms with E-state index in [0.29, 0.717) is 32.6 Å². The smallest absolute Gasteiger partial charge is 0.247 e. The second-order valence-electron chi connectivity index (χ2n) is 7.57.